The normalized spacial score (nSPS) is 46.8. The molecule has 6 nitrogen and oxygen atoms in total. The van der Waals surface area contributed by atoms with Crippen LogP contribution >= 0.6 is 0 Å². The van der Waals surface area contributed by atoms with Crippen molar-refractivity contribution in [3.63, 3.8) is 0 Å². The van der Waals surface area contributed by atoms with E-state index < -0.39 is 36.6 Å². The molecule has 0 amide bonds. The monoisotopic (exact) mass is 222 g/mol. The van der Waals surface area contributed by atoms with Gasteiger partial charge in [0.1, 0.15) is 36.6 Å². The van der Waals surface area contributed by atoms with Gasteiger partial charge in [0.05, 0.1) is 0 Å². The molecule has 1 saturated carbocycles. The molecule has 6 atom stereocenters. The van der Waals surface area contributed by atoms with Gasteiger partial charge in [0.25, 0.3) is 0 Å². The van der Waals surface area contributed by atoms with E-state index in [9.17, 15) is 15.3 Å². The molecule has 0 bridgehead atoms. The van der Waals surface area contributed by atoms with Crippen LogP contribution in [-0.4, -0.2) is 73.3 Å². The maximum absolute atomic E-state index is 9.65. The van der Waals surface area contributed by atoms with E-state index in [1.165, 1.54) is 21.3 Å². The second-order valence-electron chi connectivity index (χ2n) is 3.57. The zero-order valence-corrected chi connectivity index (χ0v) is 9.03. The Balaban J connectivity index is 2.89. The Morgan fingerprint density at radius 3 is 1.20 bits per heavy atom. The topological polar surface area (TPSA) is 88.4 Å². The van der Waals surface area contributed by atoms with Crippen LogP contribution in [0.15, 0.2) is 0 Å². The molecule has 1 fully saturated rings. The van der Waals surface area contributed by atoms with Gasteiger partial charge in [-0.1, -0.05) is 0 Å². The first-order chi connectivity index (χ1) is 7.08. The van der Waals surface area contributed by atoms with Crippen molar-refractivity contribution in [1.82, 2.24) is 0 Å². The van der Waals surface area contributed by atoms with E-state index in [4.69, 9.17) is 14.2 Å². The minimum absolute atomic E-state index is 0.617. The van der Waals surface area contributed by atoms with Crippen LogP contribution in [0.1, 0.15) is 0 Å². The summed E-state index contributed by atoms with van der Waals surface area (Å²) in [7, 11) is 4.23. The van der Waals surface area contributed by atoms with E-state index in [1.54, 1.807) is 0 Å². The Labute approximate surface area is 88.4 Å². The van der Waals surface area contributed by atoms with Crippen molar-refractivity contribution in [1.29, 1.82) is 0 Å². The van der Waals surface area contributed by atoms with Gasteiger partial charge in [0, 0.05) is 21.3 Å². The maximum atomic E-state index is 9.65. The van der Waals surface area contributed by atoms with Crippen LogP contribution in [0.4, 0.5) is 0 Å². The highest BCUT2D eigenvalue weighted by atomic mass is 16.6. The molecule has 0 aromatic carbocycles. The quantitative estimate of drug-likeness (QED) is 0.518. The van der Waals surface area contributed by atoms with Crippen molar-refractivity contribution in [3.8, 4) is 0 Å². The van der Waals surface area contributed by atoms with E-state index in [1.807, 2.05) is 0 Å². The predicted molar refractivity (Wildman–Crippen MR) is 50.4 cm³/mol. The molecule has 1 rings (SSSR count). The lowest BCUT2D eigenvalue weighted by atomic mass is 9.84. The summed E-state index contributed by atoms with van der Waals surface area (Å²) < 4.78 is 15.2. The summed E-state index contributed by atoms with van der Waals surface area (Å²) in [6.45, 7) is 0. The number of rotatable bonds is 3. The van der Waals surface area contributed by atoms with Crippen LogP contribution in [0.2, 0.25) is 0 Å². The van der Waals surface area contributed by atoms with Gasteiger partial charge in [-0.15, -0.1) is 0 Å². The van der Waals surface area contributed by atoms with Gasteiger partial charge in [0.15, 0.2) is 0 Å². The van der Waals surface area contributed by atoms with Crippen molar-refractivity contribution < 1.29 is 29.5 Å². The third-order valence-electron chi connectivity index (χ3n) is 2.84. The molecule has 0 aromatic heterocycles. The van der Waals surface area contributed by atoms with Gasteiger partial charge in [-0.25, -0.2) is 0 Å². The van der Waals surface area contributed by atoms with Crippen LogP contribution in [0, 0.1) is 0 Å². The Bertz CT molecular complexity index is 181. The molecule has 3 N–H and O–H groups in total. The van der Waals surface area contributed by atoms with Crippen molar-refractivity contribution >= 4 is 0 Å². The molecule has 0 heterocycles. The smallest absolute Gasteiger partial charge is 0.115 e. The molecule has 90 valence electrons. The third-order valence-corrected chi connectivity index (χ3v) is 2.84. The number of ether oxygens (including phenoxy) is 3. The maximum Gasteiger partial charge on any atom is 0.115 e. The molecule has 0 radical (unpaired) electrons. The molecule has 0 spiro atoms. The second-order valence-corrected chi connectivity index (χ2v) is 3.57. The molecular weight excluding hydrogens is 204 g/mol. The van der Waals surface area contributed by atoms with E-state index in [0.29, 0.717) is 0 Å². The Kier molecular flexibility index (Phi) is 4.45. The van der Waals surface area contributed by atoms with Gasteiger partial charge in [-0.2, -0.15) is 0 Å². The second kappa shape index (κ2) is 5.20. The lowest BCUT2D eigenvalue weighted by molar-refractivity contribution is -0.241. The molecule has 0 aromatic rings. The first-order valence-corrected chi connectivity index (χ1v) is 4.71. The summed E-state index contributed by atoms with van der Waals surface area (Å²) in [5.74, 6) is 0. The summed E-state index contributed by atoms with van der Waals surface area (Å²) >= 11 is 0. The van der Waals surface area contributed by atoms with Gasteiger partial charge in [0.2, 0.25) is 0 Å². The first kappa shape index (κ1) is 12.8. The van der Waals surface area contributed by atoms with Crippen LogP contribution < -0.4 is 0 Å². The zero-order valence-electron chi connectivity index (χ0n) is 9.03. The van der Waals surface area contributed by atoms with Crippen LogP contribution in [-0.2, 0) is 14.2 Å². The molecule has 1 aliphatic rings. The van der Waals surface area contributed by atoms with Gasteiger partial charge in [-0.3, -0.25) is 0 Å². The van der Waals surface area contributed by atoms with E-state index in [-0.39, 0.29) is 0 Å². The van der Waals surface area contributed by atoms with Crippen molar-refractivity contribution in [2.75, 3.05) is 21.3 Å². The summed E-state index contributed by atoms with van der Waals surface area (Å²) in [6.07, 6.45) is -5.75. The number of hydrogen-bond acceptors (Lipinski definition) is 6. The molecule has 2 unspecified atom stereocenters. The van der Waals surface area contributed by atoms with Gasteiger partial charge < -0.3 is 29.5 Å². The van der Waals surface area contributed by atoms with Crippen LogP contribution in [0.25, 0.3) is 0 Å². The molecule has 0 saturated heterocycles. The molecule has 0 aliphatic heterocycles. The fraction of sp³-hybridized carbons (Fsp3) is 1.00. The Morgan fingerprint density at radius 1 is 0.600 bits per heavy atom. The van der Waals surface area contributed by atoms with Crippen LogP contribution in [0.3, 0.4) is 0 Å². The SMILES string of the molecule is COC1[C@@H](OC)[C@@H](O)C(O)[C@H](O)[C@H]1OC. The van der Waals surface area contributed by atoms with E-state index in [2.05, 4.69) is 0 Å². The Morgan fingerprint density at radius 2 is 0.933 bits per heavy atom. The van der Waals surface area contributed by atoms with Crippen molar-refractivity contribution in [2.45, 2.75) is 36.6 Å². The first-order valence-electron chi connectivity index (χ1n) is 4.71. The summed E-state index contributed by atoms with van der Waals surface area (Å²) in [6, 6.07) is 0. The third kappa shape index (κ3) is 2.15. The highest BCUT2D eigenvalue weighted by Crippen LogP contribution is 2.26. The van der Waals surface area contributed by atoms with Crippen molar-refractivity contribution in [3.05, 3.63) is 0 Å². The minimum Gasteiger partial charge on any atom is -0.387 e. The summed E-state index contributed by atoms with van der Waals surface area (Å²) in [5.41, 5.74) is 0. The minimum atomic E-state index is -1.30. The number of aliphatic hydroxyl groups excluding tert-OH is 3. The predicted octanol–water partition coefficient (Wildman–Crippen LogP) is -1.87. The fourth-order valence-electron chi connectivity index (χ4n) is 1.98. The number of hydrogen-bond donors (Lipinski definition) is 3. The van der Waals surface area contributed by atoms with Crippen molar-refractivity contribution in [2.24, 2.45) is 0 Å². The van der Waals surface area contributed by atoms with E-state index in [0.717, 1.165) is 0 Å². The number of methoxy groups -OCH3 is 3. The fourth-order valence-corrected chi connectivity index (χ4v) is 1.98. The standard InChI is InChI=1S/C9H18O6/c1-13-7-5(11)4(10)6(12)8(14-2)9(7)15-3/h4-12H,1-3H3/t4?,5-,6-,7-,8+,9?/m0/s1. The van der Waals surface area contributed by atoms with Gasteiger partial charge in [-0.05, 0) is 0 Å². The molecule has 1 aliphatic carbocycles. The Hall–Kier alpha value is -0.240. The molecule has 15 heavy (non-hydrogen) atoms. The zero-order chi connectivity index (χ0) is 11.6. The number of aliphatic hydroxyl groups is 3. The largest absolute Gasteiger partial charge is 0.387 e. The average Bonchev–Trinajstić information content (AvgIpc) is 2.25. The highest BCUT2D eigenvalue weighted by molar-refractivity contribution is 5.00. The average molecular weight is 222 g/mol. The lowest BCUT2D eigenvalue weighted by Gasteiger charge is -2.43. The van der Waals surface area contributed by atoms with E-state index >= 15 is 0 Å². The molecular formula is C9H18O6. The molecule has 6 heteroatoms. The summed E-state index contributed by atoms with van der Waals surface area (Å²) in [4.78, 5) is 0. The van der Waals surface area contributed by atoms with Crippen LogP contribution in [0.5, 0.6) is 0 Å². The van der Waals surface area contributed by atoms with Gasteiger partial charge >= 0.3 is 0 Å². The highest BCUT2D eigenvalue weighted by Gasteiger charge is 2.50. The lowest BCUT2D eigenvalue weighted by Crippen LogP contribution is -2.65. The summed E-state index contributed by atoms with van der Waals surface area (Å²) in [5, 5.41) is 28.9.